The van der Waals surface area contributed by atoms with E-state index < -0.39 is 0 Å². The molecule has 0 aliphatic carbocycles. The van der Waals surface area contributed by atoms with Crippen molar-refractivity contribution in [3.63, 3.8) is 0 Å². The fourth-order valence-electron chi connectivity index (χ4n) is 2.40. The van der Waals surface area contributed by atoms with Gasteiger partial charge in [-0.2, -0.15) is 8.75 Å². The molecule has 0 fully saturated rings. The first kappa shape index (κ1) is 16.0. The number of carbonyl (C=O) groups is 2. The number of nitrogens with one attached hydrogen (secondary N) is 2. The third kappa shape index (κ3) is 3.31. The van der Waals surface area contributed by atoms with E-state index in [1.165, 1.54) is 6.26 Å². The maximum Gasteiger partial charge on any atom is 0.291 e. The Balaban J connectivity index is 1.49. The maximum atomic E-state index is 12.4. The molecule has 0 atom stereocenters. The molecule has 0 bridgehead atoms. The summed E-state index contributed by atoms with van der Waals surface area (Å²) in [5, 5.41) is 5.52. The standard InChI is InChI=1S/C18H12N4O3S/c23-17(11-6-7-14-15(9-11)22-26-21-14)19-12-3-1-4-13(10-12)20-18(24)16-5-2-8-25-16/h1-10H,(H,19,23)(H,20,24). The monoisotopic (exact) mass is 364 g/mol. The zero-order chi connectivity index (χ0) is 17.9. The van der Waals surface area contributed by atoms with Crippen LogP contribution < -0.4 is 10.6 Å². The number of nitrogens with zero attached hydrogens (tertiary/aromatic N) is 2. The van der Waals surface area contributed by atoms with Crippen molar-refractivity contribution in [3.8, 4) is 0 Å². The topological polar surface area (TPSA) is 97.1 Å². The van der Waals surface area contributed by atoms with Gasteiger partial charge in [-0.05, 0) is 48.5 Å². The van der Waals surface area contributed by atoms with Crippen LogP contribution in [-0.2, 0) is 0 Å². The second kappa shape index (κ2) is 6.77. The first-order valence-electron chi connectivity index (χ1n) is 7.68. The van der Waals surface area contributed by atoms with Crippen LogP contribution in [0.3, 0.4) is 0 Å². The molecular formula is C18H12N4O3S. The van der Waals surface area contributed by atoms with Gasteiger partial charge in [-0.25, -0.2) is 0 Å². The quantitative estimate of drug-likeness (QED) is 0.574. The van der Waals surface area contributed by atoms with Gasteiger partial charge in [-0.15, -0.1) is 0 Å². The van der Waals surface area contributed by atoms with Gasteiger partial charge in [-0.1, -0.05) is 6.07 Å². The normalized spacial score (nSPS) is 10.6. The number of hydrogen-bond donors (Lipinski definition) is 2. The molecule has 26 heavy (non-hydrogen) atoms. The van der Waals surface area contributed by atoms with Crippen LogP contribution in [-0.4, -0.2) is 20.6 Å². The molecule has 0 spiro atoms. The second-order valence-corrected chi connectivity index (χ2v) is 5.96. The summed E-state index contributed by atoms with van der Waals surface area (Å²) in [6.45, 7) is 0. The van der Waals surface area contributed by atoms with Crippen molar-refractivity contribution in [2.24, 2.45) is 0 Å². The molecule has 2 heterocycles. The molecule has 0 saturated heterocycles. The number of hydrogen-bond acceptors (Lipinski definition) is 6. The number of aromatic nitrogens is 2. The number of carbonyl (C=O) groups excluding carboxylic acids is 2. The van der Waals surface area contributed by atoms with Crippen molar-refractivity contribution < 1.29 is 14.0 Å². The fourth-order valence-corrected chi connectivity index (χ4v) is 2.92. The molecule has 0 radical (unpaired) electrons. The van der Waals surface area contributed by atoms with Gasteiger partial charge in [0, 0.05) is 16.9 Å². The second-order valence-electron chi connectivity index (χ2n) is 5.43. The average Bonchev–Trinajstić information content (AvgIpc) is 3.33. The molecule has 0 aliphatic rings. The van der Waals surface area contributed by atoms with Gasteiger partial charge in [0.15, 0.2) is 5.76 Å². The van der Waals surface area contributed by atoms with E-state index in [0.29, 0.717) is 22.5 Å². The number of rotatable bonds is 4. The van der Waals surface area contributed by atoms with Crippen LogP contribution in [0.4, 0.5) is 11.4 Å². The SMILES string of the molecule is O=C(Nc1cccc(NC(=O)c2ccco2)c1)c1ccc2nsnc2c1. The van der Waals surface area contributed by atoms with Crippen molar-refractivity contribution >= 4 is 46.0 Å². The molecule has 2 N–H and O–H groups in total. The molecule has 7 nitrogen and oxygen atoms in total. The average molecular weight is 364 g/mol. The Labute approximate surface area is 152 Å². The smallest absolute Gasteiger partial charge is 0.291 e. The molecule has 8 heteroatoms. The van der Waals surface area contributed by atoms with Gasteiger partial charge in [0.25, 0.3) is 11.8 Å². The first-order valence-corrected chi connectivity index (χ1v) is 8.41. The highest BCUT2D eigenvalue weighted by Gasteiger charge is 2.11. The highest BCUT2D eigenvalue weighted by Crippen LogP contribution is 2.19. The molecule has 128 valence electrons. The summed E-state index contributed by atoms with van der Waals surface area (Å²) >= 11 is 1.10. The third-order valence-electron chi connectivity index (χ3n) is 3.64. The van der Waals surface area contributed by atoms with Crippen molar-refractivity contribution in [2.45, 2.75) is 0 Å². The Kier molecular flexibility index (Phi) is 4.16. The van der Waals surface area contributed by atoms with E-state index in [4.69, 9.17) is 4.42 Å². The zero-order valence-corrected chi connectivity index (χ0v) is 14.1. The Morgan fingerprint density at radius 2 is 1.62 bits per heavy atom. The lowest BCUT2D eigenvalue weighted by Crippen LogP contribution is -2.13. The fraction of sp³-hybridized carbons (Fsp3) is 0. The van der Waals surface area contributed by atoms with E-state index in [-0.39, 0.29) is 17.6 Å². The summed E-state index contributed by atoms with van der Waals surface area (Å²) in [6.07, 6.45) is 1.43. The summed E-state index contributed by atoms with van der Waals surface area (Å²) in [7, 11) is 0. The van der Waals surface area contributed by atoms with Crippen molar-refractivity contribution in [1.29, 1.82) is 0 Å². The molecule has 0 saturated carbocycles. The molecule has 2 aromatic carbocycles. The lowest BCUT2D eigenvalue weighted by atomic mass is 10.2. The molecule has 2 amide bonds. The van der Waals surface area contributed by atoms with Gasteiger partial charge in [-0.3, -0.25) is 9.59 Å². The summed E-state index contributed by atoms with van der Waals surface area (Å²) in [4.78, 5) is 24.5. The number of anilines is 2. The van der Waals surface area contributed by atoms with Crippen LogP contribution in [0.5, 0.6) is 0 Å². The van der Waals surface area contributed by atoms with Crippen molar-refractivity contribution in [2.75, 3.05) is 10.6 Å². The number of amides is 2. The van der Waals surface area contributed by atoms with Gasteiger partial charge >= 0.3 is 0 Å². The van der Waals surface area contributed by atoms with Crippen LogP contribution in [0.1, 0.15) is 20.9 Å². The van der Waals surface area contributed by atoms with Crippen LogP contribution in [0.25, 0.3) is 11.0 Å². The lowest BCUT2D eigenvalue weighted by Gasteiger charge is -2.08. The zero-order valence-electron chi connectivity index (χ0n) is 13.3. The van der Waals surface area contributed by atoms with E-state index in [9.17, 15) is 9.59 Å². The molecule has 4 aromatic rings. The summed E-state index contributed by atoms with van der Waals surface area (Å²) < 4.78 is 13.3. The Hall–Kier alpha value is -3.52. The van der Waals surface area contributed by atoms with Crippen LogP contribution in [0.15, 0.2) is 65.3 Å². The number of furan rings is 1. The molecular weight excluding hydrogens is 352 g/mol. The molecule has 0 unspecified atom stereocenters. The number of fused-ring (bicyclic) bond motifs is 1. The van der Waals surface area contributed by atoms with Gasteiger partial charge in [0.2, 0.25) is 0 Å². The number of benzene rings is 2. The van der Waals surface area contributed by atoms with Crippen LogP contribution >= 0.6 is 11.7 Å². The van der Waals surface area contributed by atoms with Crippen LogP contribution in [0.2, 0.25) is 0 Å². The van der Waals surface area contributed by atoms with E-state index in [1.54, 1.807) is 54.6 Å². The van der Waals surface area contributed by atoms with Crippen molar-refractivity contribution in [1.82, 2.24) is 8.75 Å². The van der Waals surface area contributed by atoms with Gasteiger partial charge in [0.1, 0.15) is 11.0 Å². The molecule has 4 rings (SSSR count). The van der Waals surface area contributed by atoms with Crippen LogP contribution in [0, 0.1) is 0 Å². The summed E-state index contributed by atoms with van der Waals surface area (Å²) in [5.74, 6) is -0.418. The largest absolute Gasteiger partial charge is 0.459 e. The minimum Gasteiger partial charge on any atom is -0.459 e. The first-order chi connectivity index (χ1) is 12.7. The Bertz CT molecular complexity index is 1090. The van der Waals surface area contributed by atoms with E-state index in [2.05, 4.69) is 19.4 Å². The minimum absolute atomic E-state index is 0.213. The molecule has 0 aliphatic heterocycles. The Morgan fingerprint density at radius 1 is 0.846 bits per heavy atom. The van der Waals surface area contributed by atoms with Crippen molar-refractivity contribution in [3.05, 3.63) is 72.2 Å². The van der Waals surface area contributed by atoms with Gasteiger partial charge < -0.3 is 15.1 Å². The maximum absolute atomic E-state index is 12.4. The van der Waals surface area contributed by atoms with E-state index in [0.717, 1.165) is 17.2 Å². The minimum atomic E-state index is -0.361. The predicted molar refractivity (Wildman–Crippen MR) is 98.5 cm³/mol. The van der Waals surface area contributed by atoms with E-state index in [1.807, 2.05) is 0 Å². The summed E-state index contributed by atoms with van der Waals surface area (Å²) in [6, 6.07) is 15.2. The van der Waals surface area contributed by atoms with Gasteiger partial charge in [0.05, 0.1) is 18.0 Å². The summed E-state index contributed by atoms with van der Waals surface area (Å²) in [5.41, 5.74) is 3.03. The highest BCUT2D eigenvalue weighted by molar-refractivity contribution is 7.00. The molecule has 2 aromatic heterocycles. The highest BCUT2D eigenvalue weighted by atomic mass is 32.1. The third-order valence-corrected chi connectivity index (χ3v) is 4.20. The lowest BCUT2D eigenvalue weighted by molar-refractivity contribution is 0.0995. The predicted octanol–water partition coefficient (Wildman–Crippen LogP) is 3.79. The Morgan fingerprint density at radius 3 is 2.38 bits per heavy atom. The van der Waals surface area contributed by atoms with E-state index >= 15 is 0 Å².